The lowest BCUT2D eigenvalue weighted by atomic mass is 9.85. The summed E-state index contributed by atoms with van der Waals surface area (Å²) in [5, 5.41) is 0. The second kappa shape index (κ2) is 21.4. The van der Waals surface area contributed by atoms with Gasteiger partial charge in [0.05, 0.1) is 13.2 Å². The molecule has 2 aromatic carbocycles. The van der Waals surface area contributed by atoms with Crippen LogP contribution in [-0.2, 0) is 19.0 Å². The Morgan fingerprint density at radius 1 is 0.756 bits per heavy atom. The van der Waals surface area contributed by atoms with Gasteiger partial charge in [0.15, 0.2) is 12.4 Å². The highest BCUT2D eigenvalue weighted by Gasteiger charge is 2.23. The Labute approximate surface area is 292 Å². The fourth-order valence-corrected chi connectivity index (χ4v) is 5.81. The lowest BCUT2D eigenvalue weighted by molar-refractivity contribution is -0.671. The molecule has 0 spiro atoms. The number of pyridine rings is 1. The maximum Gasteiger partial charge on any atom is 0.264 e. The minimum absolute atomic E-state index is 0. The lowest BCUT2D eigenvalue weighted by Gasteiger charge is -2.26. The molecule has 4 nitrogen and oxygen atoms in total. The summed E-state index contributed by atoms with van der Waals surface area (Å²) in [6, 6.07) is 20.2. The van der Waals surface area contributed by atoms with Crippen molar-refractivity contribution in [2.24, 2.45) is 7.05 Å². The van der Waals surface area contributed by atoms with Gasteiger partial charge in [-0.15, -0.1) is 0 Å². The number of carbonyl (C=O) groups is 1. The summed E-state index contributed by atoms with van der Waals surface area (Å²) in [4.78, 5) is 15.6. The molecule has 248 valence electrons. The third-order valence-electron chi connectivity index (χ3n) is 8.45. The van der Waals surface area contributed by atoms with Gasteiger partial charge in [0.25, 0.3) is 5.91 Å². The smallest absolute Gasteiger partial charge is 0.264 e. The van der Waals surface area contributed by atoms with Crippen molar-refractivity contribution in [3.63, 3.8) is 0 Å². The Morgan fingerprint density at radius 3 is 1.89 bits per heavy atom. The second-order valence-electron chi connectivity index (χ2n) is 13.5. The number of para-hydroxylation sites is 1. The number of hydrogen-bond donors (Lipinski definition) is 0. The summed E-state index contributed by atoms with van der Waals surface area (Å²) in [6.07, 6.45) is 22.8. The van der Waals surface area contributed by atoms with E-state index in [4.69, 9.17) is 4.74 Å². The van der Waals surface area contributed by atoms with Crippen molar-refractivity contribution in [3.8, 4) is 5.75 Å². The molecule has 0 aliphatic carbocycles. The van der Waals surface area contributed by atoms with Gasteiger partial charge in [-0.3, -0.25) is 4.79 Å². The lowest BCUT2D eigenvalue weighted by Crippen LogP contribution is -3.00. The monoisotopic (exact) mass is 726 g/mol. The zero-order chi connectivity index (χ0) is 31.6. The Hall–Kier alpha value is -2.41. The number of unbranched alkanes of at least 4 members (excludes halogenated alkanes) is 13. The summed E-state index contributed by atoms with van der Waals surface area (Å²) >= 11 is 0. The highest BCUT2D eigenvalue weighted by atomic mass is 127. The maximum absolute atomic E-state index is 13.7. The van der Waals surface area contributed by atoms with Crippen molar-refractivity contribution in [1.29, 1.82) is 0 Å². The number of halogens is 1. The van der Waals surface area contributed by atoms with Crippen molar-refractivity contribution in [1.82, 2.24) is 0 Å². The minimum atomic E-state index is -0.0738. The molecule has 1 aromatic heterocycles. The van der Waals surface area contributed by atoms with Crippen LogP contribution in [0.15, 0.2) is 73.1 Å². The number of aryl methyl sites for hydroxylation is 1. The third-order valence-corrected chi connectivity index (χ3v) is 8.45. The fourth-order valence-electron chi connectivity index (χ4n) is 5.81. The summed E-state index contributed by atoms with van der Waals surface area (Å²) in [5.41, 5.74) is 3.76. The SMILES string of the molecule is CCCCCCCCCCCCCCCCOc1ccc(CN(C(=O)c2ccc[n+](C)c2)c2ccccc2)cc1C(C)(C)C.[I-]. The molecule has 5 heteroatoms. The van der Waals surface area contributed by atoms with Gasteiger partial charge in [0.1, 0.15) is 18.4 Å². The number of nitrogens with zero attached hydrogens (tertiary/aromatic N) is 2. The average molecular weight is 727 g/mol. The molecule has 0 saturated heterocycles. The number of aromatic nitrogens is 1. The van der Waals surface area contributed by atoms with Crippen LogP contribution in [0.1, 0.15) is 139 Å². The van der Waals surface area contributed by atoms with Crippen molar-refractivity contribution < 1.29 is 38.1 Å². The van der Waals surface area contributed by atoms with E-state index in [1.807, 2.05) is 71.4 Å². The summed E-state index contributed by atoms with van der Waals surface area (Å²) in [6.45, 7) is 10.2. The molecule has 1 heterocycles. The summed E-state index contributed by atoms with van der Waals surface area (Å²) in [7, 11) is 1.94. The zero-order valence-corrected chi connectivity index (χ0v) is 31.0. The van der Waals surface area contributed by atoms with Gasteiger partial charge in [0, 0.05) is 11.8 Å². The van der Waals surface area contributed by atoms with Gasteiger partial charge in [-0.25, -0.2) is 4.57 Å². The van der Waals surface area contributed by atoms with Gasteiger partial charge in [-0.05, 0) is 53.3 Å². The first kappa shape index (κ1) is 38.8. The molecule has 0 N–H and O–H groups in total. The molecule has 0 fully saturated rings. The number of carbonyl (C=O) groups excluding carboxylic acids is 1. The molecule has 0 unspecified atom stereocenters. The van der Waals surface area contributed by atoms with Gasteiger partial charge >= 0.3 is 0 Å². The first-order chi connectivity index (χ1) is 21.3. The van der Waals surface area contributed by atoms with E-state index in [1.54, 1.807) is 0 Å². The van der Waals surface area contributed by atoms with Crippen molar-refractivity contribution >= 4 is 11.6 Å². The molecule has 0 aliphatic rings. The van der Waals surface area contributed by atoms with E-state index in [0.29, 0.717) is 12.1 Å². The fraction of sp³-hybridized carbons (Fsp3) is 0.550. The van der Waals surface area contributed by atoms with Crippen molar-refractivity contribution in [2.75, 3.05) is 11.5 Å². The van der Waals surface area contributed by atoms with Crippen molar-refractivity contribution in [2.45, 2.75) is 130 Å². The van der Waals surface area contributed by atoms with E-state index in [1.165, 1.54) is 89.0 Å². The van der Waals surface area contributed by atoms with Crippen LogP contribution in [0.25, 0.3) is 0 Å². The first-order valence-corrected chi connectivity index (χ1v) is 17.4. The van der Waals surface area contributed by atoms with Gasteiger partial charge < -0.3 is 33.6 Å². The Morgan fingerprint density at radius 2 is 1.33 bits per heavy atom. The Bertz CT molecular complexity index is 1240. The van der Waals surface area contributed by atoms with Gasteiger partial charge in [0.2, 0.25) is 0 Å². The van der Waals surface area contributed by atoms with Crippen molar-refractivity contribution in [3.05, 3.63) is 89.7 Å². The van der Waals surface area contributed by atoms with Crippen LogP contribution in [-0.4, -0.2) is 12.5 Å². The summed E-state index contributed by atoms with van der Waals surface area (Å²) < 4.78 is 8.28. The Balaban J connectivity index is 0.00000705. The van der Waals surface area contributed by atoms with Crippen LogP contribution in [0.5, 0.6) is 5.75 Å². The molecule has 3 rings (SSSR count). The van der Waals surface area contributed by atoms with Crippen LogP contribution in [0.3, 0.4) is 0 Å². The molecule has 45 heavy (non-hydrogen) atoms. The molecule has 0 bridgehead atoms. The highest BCUT2D eigenvalue weighted by Crippen LogP contribution is 2.33. The number of ether oxygens (including phenoxy) is 1. The van der Waals surface area contributed by atoms with E-state index in [-0.39, 0.29) is 35.3 Å². The predicted octanol–water partition coefficient (Wildman–Crippen LogP) is 7.52. The highest BCUT2D eigenvalue weighted by molar-refractivity contribution is 6.05. The third kappa shape index (κ3) is 14.3. The second-order valence-corrected chi connectivity index (χ2v) is 13.5. The number of amides is 1. The molecule has 3 aromatic rings. The molecule has 0 atom stereocenters. The van der Waals surface area contributed by atoms with Crippen LogP contribution < -0.4 is 38.2 Å². The normalized spacial score (nSPS) is 11.2. The largest absolute Gasteiger partial charge is 1.00 e. The maximum atomic E-state index is 13.7. The predicted molar refractivity (Wildman–Crippen MR) is 186 cm³/mol. The zero-order valence-electron chi connectivity index (χ0n) is 28.8. The average Bonchev–Trinajstić information content (AvgIpc) is 3.01. The quantitative estimate of drug-likeness (QED) is 0.0686. The molecule has 1 amide bonds. The van der Waals surface area contributed by atoms with Crippen LogP contribution >= 0.6 is 0 Å². The molecular weight excluding hydrogens is 667 g/mol. The first-order valence-electron chi connectivity index (χ1n) is 17.4. The van der Waals surface area contributed by atoms with E-state index in [0.717, 1.165) is 30.0 Å². The standard InChI is InChI=1S/C40H59N2O2.HI/c1-6-7-8-9-10-11-12-13-14-15-16-17-18-22-30-44-38-28-27-34(31-37(38)40(2,3)4)32-42(36-25-20-19-21-26-36)39(43)35-24-23-29-41(5)33-35;/h19-21,23-29,31,33H,6-18,22,30,32H2,1-5H3;1H/q+1;/p-1. The van der Waals surface area contributed by atoms with Gasteiger partial charge in [-0.1, -0.05) is 135 Å². The number of benzene rings is 2. The molecule has 0 radical (unpaired) electrons. The van der Waals surface area contributed by atoms with Crippen LogP contribution in [0.4, 0.5) is 5.69 Å². The van der Waals surface area contributed by atoms with E-state index >= 15 is 0 Å². The Kier molecular flexibility index (Phi) is 18.4. The summed E-state index contributed by atoms with van der Waals surface area (Å²) in [5.74, 6) is 0.950. The molecular formula is C40H59IN2O2. The molecule has 0 aliphatic heterocycles. The number of rotatable bonds is 20. The van der Waals surface area contributed by atoms with E-state index in [2.05, 4.69) is 45.9 Å². The van der Waals surface area contributed by atoms with E-state index < -0.39 is 0 Å². The number of anilines is 1. The molecule has 0 saturated carbocycles. The topological polar surface area (TPSA) is 33.4 Å². The van der Waals surface area contributed by atoms with Crippen LogP contribution in [0.2, 0.25) is 0 Å². The van der Waals surface area contributed by atoms with Gasteiger partial charge in [-0.2, -0.15) is 0 Å². The number of hydrogen-bond acceptors (Lipinski definition) is 2. The minimum Gasteiger partial charge on any atom is -1.00 e. The van der Waals surface area contributed by atoms with Crippen LogP contribution in [0, 0.1) is 0 Å². The van der Waals surface area contributed by atoms with E-state index in [9.17, 15) is 4.79 Å².